The molecule has 0 aliphatic rings. The van der Waals surface area contributed by atoms with Gasteiger partial charge in [0.1, 0.15) is 5.82 Å². The minimum Gasteiger partial charge on any atom is -0.337 e. The Labute approximate surface area is 93.0 Å². The summed E-state index contributed by atoms with van der Waals surface area (Å²) in [5.41, 5.74) is 1.86. The average molecular weight is 222 g/mol. The molecule has 1 atom stereocenters. The molecule has 15 heavy (non-hydrogen) atoms. The van der Waals surface area contributed by atoms with Crippen LogP contribution in [0.5, 0.6) is 0 Å². The number of rotatable bonds is 4. The molecular weight excluding hydrogens is 208 g/mol. The van der Waals surface area contributed by atoms with Gasteiger partial charge in [0.15, 0.2) is 0 Å². The van der Waals surface area contributed by atoms with Crippen molar-refractivity contribution in [3.8, 4) is 0 Å². The first kappa shape index (κ1) is 10.3. The van der Waals surface area contributed by atoms with Gasteiger partial charge in [0.25, 0.3) is 0 Å². The summed E-state index contributed by atoms with van der Waals surface area (Å²) in [4.78, 5) is 9.57. The first-order chi connectivity index (χ1) is 7.27. The Kier molecular flexibility index (Phi) is 3.13. The predicted octanol–water partition coefficient (Wildman–Crippen LogP) is 1.73. The third-order valence-corrected chi connectivity index (χ3v) is 3.32. The highest BCUT2D eigenvalue weighted by Gasteiger charge is 2.07. The molecule has 2 heterocycles. The van der Waals surface area contributed by atoms with Gasteiger partial charge < -0.3 is 9.88 Å². The number of nitrogens with zero attached hydrogens (tertiary/aromatic N) is 3. The van der Waals surface area contributed by atoms with E-state index in [-0.39, 0.29) is 0 Å². The van der Waals surface area contributed by atoms with Crippen LogP contribution >= 0.6 is 11.3 Å². The first-order valence-electron chi connectivity index (χ1n) is 4.85. The van der Waals surface area contributed by atoms with Crippen molar-refractivity contribution in [2.24, 2.45) is 7.05 Å². The Morgan fingerprint density at radius 1 is 1.60 bits per heavy atom. The van der Waals surface area contributed by atoms with Gasteiger partial charge in [-0.3, -0.25) is 4.98 Å². The zero-order chi connectivity index (χ0) is 10.7. The highest BCUT2D eigenvalue weighted by Crippen LogP contribution is 2.16. The van der Waals surface area contributed by atoms with Crippen molar-refractivity contribution in [2.75, 3.05) is 0 Å². The molecular formula is C10H14N4S. The number of aryl methyl sites for hydroxylation is 1. The van der Waals surface area contributed by atoms with Crippen LogP contribution in [0.3, 0.4) is 0 Å². The molecule has 2 rings (SSSR count). The van der Waals surface area contributed by atoms with Gasteiger partial charge in [-0.25, -0.2) is 4.98 Å². The van der Waals surface area contributed by atoms with E-state index in [9.17, 15) is 0 Å². The lowest BCUT2D eigenvalue weighted by molar-refractivity contribution is 0.555. The van der Waals surface area contributed by atoms with Crippen molar-refractivity contribution in [2.45, 2.75) is 19.5 Å². The molecule has 0 fully saturated rings. The van der Waals surface area contributed by atoms with Crippen LogP contribution in [0.1, 0.15) is 23.7 Å². The number of thiazole rings is 1. The average Bonchev–Trinajstić information content (AvgIpc) is 2.85. The number of hydrogen-bond donors (Lipinski definition) is 1. The van der Waals surface area contributed by atoms with Crippen molar-refractivity contribution in [1.29, 1.82) is 0 Å². The Hall–Kier alpha value is -1.20. The molecule has 0 aliphatic heterocycles. The van der Waals surface area contributed by atoms with E-state index in [2.05, 4.69) is 22.2 Å². The van der Waals surface area contributed by atoms with Crippen molar-refractivity contribution >= 4 is 11.3 Å². The van der Waals surface area contributed by atoms with Crippen molar-refractivity contribution in [3.05, 3.63) is 34.8 Å². The lowest BCUT2D eigenvalue weighted by atomic mass is 10.3. The highest BCUT2D eigenvalue weighted by atomic mass is 32.1. The maximum Gasteiger partial charge on any atom is 0.122 e. The van der Waals surface area contributed by atoms with Crippen LogP contribution in [-0.4, -0.2) is 14.5 Å². The van der Waals surface area contributed by atoms with Gasteiger partial charge in [-0.2, -0.15) is 0 Å². The van der Waals surface area contributed by atoms with Gasteiger partial charge in [-0.1, -0.05) is 0 Å². The van der Waals surface area contributed by atoms with Crippen LogP contribution in [0.4, 0.5) is 0 Å². The van der Waals surface area contributed by atoms with Gasteiger partial charge >= 0.3 is 0 Å². The maximum atomic E-state index is 4.26. The standard InChI is InChI=1S/C10H14N4S/c1-8(9-5-11-7-15-9)13-6-10-12-3-4-14(10)2/h3-5,7-8,13H,6H2,1-2H3. The van der Waals surface area contributed by atoms with E-state index in [1.165, 1.54) is 4.88 Å². The van der Waals surface area contributed by atoms with Gasteiger partial charge in [0.05, 0.1) is 12.1 Å². The zero-order valence-corrected chi connectivity index (χ0v) is 9.66. The molecule has 0 amide bonds. The second-order valence-electron chi connectivity index (χ2n) is 3.46. The monoisotopic (exact) mass is 222 g/mol. The van der Waals surface area contributed by atoms with E-state index >= 15 is 0 Å². The lowest BCUT2D eigenvalue weighted by Crippen LogP contribution is -2.19. The van der Waals surface area contributed by atoms with E-state index in [1.807, 2.05) is 35.7 Å². The Balaban J connectivity index is 1.91. The smallest absolute Gasteiger partial charge is 0.122 e. The minimum atomic E-state index is 0.328. The SMILES string of the molecule is CC(NCc1nccn1C)c1cncs1. The fourth-order valence-corrected chi connectivity index (χ4v) is 2.00. The van der Waals surface area contributed by atoms with E-state index in [0.29, 0.717) is 6.04 Å². The molecule has 0 saturated carbocycles. The molecule has 0 aliphatic carbocycles. The molecule has 2 aromatic rings. The quantitative estimate of drug-likeness (QED) is 0.856. The highest BCUT2D eigenvalue weighted by molar-refractivity contribution is 7.09. The summed E-state index contributed by atoms with van der Waals surface area (Å²) in [7, 11) is 2.00. The number of aromatic nitrogens is 3. The summed E-state index contributed by atoms with van der Waals surface area (Å²) in [6.45, 7) is 2.92. The minimum absolute atomic E-state index is 0.328. The van der Waals surface area contributed by atoms with Crippen molar-refractivity contribution in [1.82, 2.24) is 19.9 Å². The summed E-state index contributed by atoms with van der Waals surface area (Å²) in [6.07, 6.45) is 5.67. The van der Waals surface area contributed by atoms with Crippen LogP contribution < -0.4 is 5.32 Å². The van der Waals surface area contributed by atoms with Crippen LogP contribution in [-0.2, 0) is 13.6 Å². The molecule has 1 N–H and O–H groups in total. The zero-order valence-electron chi connectivity index (χ0n) is 8.84. The molecule has 0 radical (unpaired) electrons. The molecule has 0 spiro atoms. The molecule has 2 aromatic heterocycles. The largest absolute Gasteiger partial charge is 0.337 e. The van der Waals surface area contributed by atoms with E-state index in [0.717, 1.165) is 12.4 Å². The third-order valence-electron chi connectivity index (χ3n) is 2.37. The van der Waals surface area contributed by atoms with E-state index < -0.39 is 0 Å². The molecule has 5 heteroatoms. The predicted molar refractivity (Wildman–Crippen MR) is 60.6 cm³/mol. The number of imidazole rings is 1. The summed E-state index contributed by atoms with van der Waals surface area (Å²) in [6, 6.07) is 0.328. The van der Waals surface area contributed by atoms with Crippen molar-refractivity contribution < 1.29 is 0 Å². The number of hydrogen-bond acceptors (Lipinski definition) is 4. The van der Waals surface area contributed by atoms with Gasteiger partial charge in [-0.15, -0.1) is 11.3 Å². The molecule has 0 saturated heterocycles. The molecule has 0 aromatic carbocycles. The molecule has 80 valence electrons. The fourth-order valence-electron chi connectivity index (χ4n) is 1.35. The topological polar surface area (TPSA) is 42.7 Å². The number of nitrogens with one attached hydrogen (secondary N) is 1. The van der Waals surface area contributed by atoms with Crippen LogP contribution in [0.2, 0.25) is 0 Å². The summed E-state index contributed by atoms with van der Waals surface area (Å²) >= 11 is 1.67. The van der Waals surface area contributed by atoms with Crippen LogP contribution in [0, 0.1) is 0 Å². The van der Waals surface area contributed by atoms with Crippen molar-refractivity contribution in [3.63, 3.8) is 0 Å². The summed E-state index contributed by atoms with van der Waals surface area (Å²) in [5.74, 6) is 1.05. The van der Waals surface area contributed by atoms with Gasteiger partial charge in [0.2, 0.25) is 0 Å². The lowest BCUT2D eigenvalue weighted by Gasteiger charge is -2.11. The second kappa shape index (κ2) is 4.55. The maximum absolute atomic E-state index is 4.26. The van der Waals surface area contributed by atoms with Crippen LogP contribution in [0.25, 0.3) is 0 Å². The Bertz CT molecular complexity index is 407. The Morgan fingerprint density at radius 3 is 3.07 bits per heavy atom. The van der Waals surface area contributed by atoms with Gasteiger partial charge in [-0.05, 0) is 6.92 Å². The van der Waals surface area contributed by atoms with Crippen LogP contribution in [0.15, 0.2) is 24.1 Å². The van der Waals surface area contributed by atoms with Gasteiger partial charge in [0, 0.05) is 36.6 Å². The summed E-state index contributed by atoms with van der Waals surface area (Å²) < 4.78 is 2.02. The second-order valence-corrected chi connectivity index (χ2v) is 4.38. The fraction of sp³-hybridized carbons (Fsp3) is 0.400. The molecule has 4 nitrogen and oxygen atoms in total. The first-order valence-corrected chi connectivity index (χ1v) is 5.73. The van der Waals surface area contributed by atoms with E-state index in [1.54, 1.807) is 11.3 Å². The third kappa shape index (κ3) is 2.43. The summed E-state index contributed by atoms with van der Waals surface area (Å²) in [5, 5.41) is 3.42. The normalized spacial score (nSPS) is 12.9. The molecule has 0 bridgehead atoms. The molecule has 1 unspecified atom stereocenters. The Morgan fingerprint density at radius 2 is 2.47 bits per heavy atom. The van der Waals surface area contributed by atoms with E-state index in [4.69, 9.17) is 0 Å².